The fourth-order valence-corrected chi connectivity index (χ4v) is 3.05. The minimum absolute atomic E-state index is 0.182. The van der Waals surface area contributed by atoms with Crippen LogP contribution in [0.1, 0.15) is 49.8 Å². The third-order valence-electron chi connectivity index (χ3n) is 4.22. The predicted octanol–water partition coefficient (Wildman–Crippen LogP) is 3.12. The summed E-state index contributed by atoms with van der Waals surface area (Å²) in [6.07, 6.45) is 6.27. The van der Waals surface area contributed by atoms with Gasteiger partial charge in [0.15, 0.2) is 0 Å². The van der Waals surface area contributed by atoms with Gasteiger partial charge in [-0.1, -0.05) is 44.0 Å². The molecule has 0 aromatic heterocycles. The topological polar surface area (TPSA) is 29.3 Å². The van der Waals surface area contributed by atoms with Gasteiger partial charge in [-0.05, 0) is 44.0 Å². The first-order valence-corrected chi connectivity index (χ1v) is 7.27. The van der Waals surface area contributed by atoms with E-state index in [0.29, 0.717) is 6.04 Å². The fourth-order valence-electron chi connectivity index (χ4n) is 3.05. The van der Waals surface area contributed by atoms with Crippen molar-refractivity contribution in [3.8, 4) is 0 Å². The first-order chi connectivity index (χ1) is 8.74. The quantitative estimate of drug-likeness (QED) is 0.809. The molecule has 2 rings (SSSR count). The zero-order chi connectivity index (χ0) is 13.0. The summed E-state index contributed by atoms with van der Waals surface area (Å²) in [6, 6.07) is 9.35. The monoisotopic (exact) mass is 246 g/mol. The molecule has 1 aliphatic rings. The Morgan fingerprint density at radius 3 is 2.83 bits per heavy atom. The van der Waals surface area contributed by atoms with Crippen LogP contribution in [0.4, 0.5) is 0 Å². The van der Waals surface area contributed by atoms with Crippen molar-refractivity contribution in [1.82, 2.24) is 4.90 Å². The van der Waals surface area contributed by atoms with Crippen LogP contribution < -0.4 is 5.73 Å². The average molecular weight is 246 g/mol. The summed E-state index contributed by atoms with van der Waals surface area (Å²) in [5.41, 5.74) is 9.26. The fraction of sp³-hybridized carbons (Fsp3) is 0.625. The lowest BCUT2D eigenvalue weighted by atomic mass is 9.84. The molecule has 0 bridgehead atoms. The minimum atomic E-state index is 0.182. The van der Waals surface area contributed by atoms with Crippen molar-refractivity contribution in [1.29, 1.82) is 0 Å². The summed E-state index contributed by atoms with van der Waals surface area (Å²) in [5, 5.41) is 0. The Hall–Kier alpha value is -0.860. The second-order valence-electron chi connectivity index (χ2n) is 5.52. The number of hydrogen-bond donors (Lipinski definition) is 1. The molecule has 0 saturated heterocycles. The number of rotatable bonds is 5. The summed E-state index contributed by atoms with van der Waals surface area (Å²) in [7, 11) is 2.23. The van der Waals surface area contributed by atoms with E-state index in [1.807, 2.05) is 0 Å². The minimum Gasteiger partial charge on any atom is -0.323 e. The van der Waals surface area contributed by atoms with Gasteiger partial charge >= 0.3 is 0 Å². The van der Waals surface area contributed by atoms with E-state index in [9.17, 15) is 0 Å². The molecule has 2 nitrogen and oxygen atoms in total. The van der Waals surface area contributed by atoms with Crippen molar-refractivity contribution in [2.75, 3.05) is 13.6 Å². The third-order valence-corrected chi connectivity index (χ3v) is 4.22. The summed E-state index contributed by atoms with van der Waals surface area (Å²) in [6.45, 7) is 3.43. The number of fused-ring (bicyclic) bond motifs is 1. The number of hydrogen-bond acceptors (Lipinski definition) is 2. The van der Waals surface area contributed by atoms with Gasteiger partial charge in [0, 0.05) is 12.1 Å². The van der Waals surface area contributed by atoms with Crippen molar-refractivity contribution >= 4 is 0 Å². The number of likely N-dealkylation sites (N-methyl/N-ethyl adjacent to an activating group) is 1. The van der Waals surface area contributed by atoms with E-state index in [-0.39, 0.29) is 6.04 Å². The molecule has 0 radical (unpaired) electrons. The highest BCUT2D eigenvalue weighted by Crippen LogP contribution is 2.30. The van der Waals surface area contributed by atoms with Gasteiger partial charge in [-0.25, -0.2) is 0 Å². The standard InChI is InChI=1S/C16H26N2/c1-3-4-7-12-18(2)15-11-10-13-8-5-6-9-14(13)16(15)17/h5-6,8-9,15-16H,3-4,7,10-12,17H2,1-2H3. The van der Waals surface area contributed by atoms with Crippen molar-refractivity contribution in [3.63, 3.8) is 0 Å². The van der Waals surface area contributed by atoms with Crippen LogP contribution in [-0.2, 0) is 6.42 Å². The van der Waals surface area contributed by atoms with E-state index >= 15 is 0 Å². The molecular weight excluding hydrogens is 220 g/mol. The lowest BCUT2D eigenvalue weighted by molar-refractivity contribution is 0.188. The van der Waals surface area contributed by atoms with Crippen molar-refractivity contribution < 1.29 is 0 Å². The van der Waals surface area contributed by atoms with Gasteiger partial charge in [0.25, 0.3) is 0 Å². The maximum absolute atomic E-state index is 6.45. The molecule has 2 unspecified atom stereocenters. The first kappa shape index (κ1) is 13.6. The highest BCUT2D eigenvalue weighted by molar-refractivity contribution is 5.33. The number of nitrogens with two attached hydrogens (primary N) is 1. The Morgan fingerprint density at radius 2 is 2.06 bits per heavy atom. The van der Waals surface area contributed by atoms with Gasteiger partial charge < -0.3 is 10.6 Å². The Labute approximate surface area is 111 Å². The van der Waals surface area contributed by atoms with Gasteiger partial charge in [-0.2, -0.15) is 0 Å². The van der Waals surface area contributed by atoms with Crippen LogP contribution in [0.3, 0.4) is 0 Å². The Bertz CT molecular complexity index is 375. The van der Waals surface area contributed by atoms with Crippen LogP contribution >= 0.6 is 0 Å². The molecule has 0 heterocycles. The summed E-state index contributed by atoms with van der Waals surface area (Å²) in [5.74, 6) is 0. The number of benzene rings is 1. The van der Waals surface area contributed by atoms with Crippen LogP contribution in [0, 0.1) is 0 Å². The van der Waals surface area contributed by atoms with E-state index < -0.39 is 0 Å². The number of unbranched alkanes of at least 4 members (excludes halogenated alkanes) is 2. The van der Waals surface area contributed by atoms with Gasteiger partial charge in [0.1, 0.15) is 0 Å². The highest BCUT2D eigenvalue weighted by Gasteiger charge is 2.28. The zero-order valence-electron chi connectivity index (χ0n) is 11.7. The van der Waals surface area contributed by atoms with Crippen LogP contribution in [0.15, 0.2) is 24.3 Å². The van der Waals surface area contributed by atoms with E-state index in [0.717, 1.165) is 0 Å². The average Bonchev–Trinajstić information content (AvgIpc) is 2.39. The molecule has 2 heteroatoms. The van der Waals surface area contributed by atoms with Gasteiger partial charge in [-0.15, -0.1) is 0 Å². The molecule has 0 amide bonds. The Balaban J connectivity index is 2.00. The van der Waals surface area contributed by atoms with Crippen LogP contribution in [-0.4, -0.2) is 24.5 Å². The molecule has 0 saturated carbocycles. The van der Waals surface area contributed by atoms with Crippen molar-refractivity contribution in [2.24, 2.45) is 5.73 Å². The largest absolute Gasteiger partial charge is 0.323 e. The van der Waals surface area contributed by atoms with Crippen molar-refractivity contribution in [2.45, 2.75) is 51.1 Å². The molecule has 1 aromatic rings. The van der Waals surface area contributed by atoms with E-state index in [2.05, 4.69) is 43.1 Å². The summed E-state index contributed by atoms with van der Waals surface area (Å²) < 4.78 is 0. The first-order valence-electron chi connectivity index (χ1n) is 7.27. The lowest BCUT2D eigenvalue weighted by Crippen LogP contribution is -2.43. The molecule has 100 valence electrons. The predicted molar refractivity (Wildman–Crippen MR) is 77.6 cm³/mol. The van der Waals surface area contributed by atoms with Crippen molar-refractivity contribution in [3.05, 3.63) is 35.4 Å². The zero-order valence-corrected chi connectivity index (χ0v) is 11.7. The van der Waals surface area contributed by atoms with E-state index in [4.69, 9.17) is 5.73 Å². The molecule has 1 aromatic carbocycles. The summed E-state index contributed by atoms with van der Waals surface area (Å²) >= 11 is 0. The molecule has 2 atom stereocenters. The third kappa shape index (κ3) is 2.93. The van der Waals surface area contributed by atoms with E-state index in [1.165, 1.54) is 49.8 Å². The second-order valence-corrected chi connectivity index (χ2v) is 5.52. The molecule has 2 N–H and O–H groups in total. The molecule has 1 aliphatic carbocycles. The smallest absolute Gasteiger partial charge is 0.0455 e. The van der Waals surface area contributed by atoms with Crippen LogP contribution in [0.2, 0.25) is 0 Å². The number of aryl methyl sites for hydroxylation is 1. The van der Waals surface area contributed by atoms with Gasteiger partial charge in [-0.3, -0.25) is 0 Å². The molecule has 0 aliphatic heterocycles. The van der Waals surface area contributed by atoms with Crippen LogP contribution in [0.5, 0.6) is 0 Å². The maximum Gasteiger partial charge on any atom is 0.0455 e. The van der Waals surface area contributed by atoms with Gasteiger partial charge in [0.05, 0.1) is 0 Å². The lowest BCUT2D eigenvalue weighted by Gasteiger charge is -2.37. The Kier molecular flexibility index (Phi) is 4.79. The molecular formula is C16H26N2. The maximum atomic E-state index is 6.45. The SMILES string of the molecule is CCCCCN(C)C1CCc2ccccc2C1N. The summed E-state index contributed by atoms with van der Waals surface area (Å²) in [4.78, 5) is 2.47. The second kappa shape index (κ2) is 6.35. The Morgan fingerprint density at radius 1 is 1.28 bits per heavy atom. The molecule has 18 heavy (non-hydrogen) atoms. The van der Waals surface area contributed by atoms with Gasteiger partial charge in [0.2, 0.25) is 0 Å². The highest BCUT2D eigenvalue weighted by atomic mass is 15.1. The van der Waals surface area contributed by atoms with Crippen LogP contribution in [0.25, 0.3) is 0 Å². The van der Waals surface area contributed by atoms with E-state index in [1.54, 1.807) is 0 Å². The molecule has 0 fully saturated rings. The number of nitrogens with zero attached hydrogens (tertiary/aromatic N) is 1. The molecule has 0 spiro atoms. The normalized spacial score (nSPS) is 23.1.